The van der Waals surface area contributed by atoms with Crippen LogP contribution in [0.25, 0.3) is 11.3 Å². The Morgan fingerprint density at radius 3 is 2.62 bits per heavy atom. The van der Waals surface area contributed by atoms with Crippen molar-refractivity contribution >= 4 is 29.3 Å². The largest absolute Gasteiger partial charge is 0.492 e. The molecule has 0 spiro atoms. The van der Waals surface area contributed by atoms with Gasteiger partial charge in [0.2, 0.25) is 0 Å². The van der Waals surface area contributed by atoms with Gasteiger partial charge in [0.1, 0.15) is 11.3 Å². The summed E-state index contributed by atoms with van der Waals surface area (Å²) in [5, 5.41) is 0.591. The Morgan fingerprint density at radius 1 is 1.21 bits per heavy atom. The normalized spacial score (nSPS) is 20.1. The summed E-state index contributed by atoms with van der Waals surface area (Å²) in [7, 11) is 0. The maximum absolute atomic E-state index is 13.5. The molecule has 5 rings (SSSR count). The standard InChI is InChI=1S/C26H30ClNO5S/c1-14(2)33-26(30)20-10-18-15(3)34-23-12-22(32-13-16-6-8-31-9-7-16)21(27)11-19(23)24(18)28(25(20)29)17-4-5-17/h10-12,14-17H,4-9,13H2,1-3H3. The van der Waals surface area contributed by atoms with E-state index in [-0.39, 0.29) is 28.5 Å². The molecule has 2 aliphatic heterocycles. The molecular weight excluding hydrogens is 474 g/mol. The minimum atomic E-state index is -0.560. The highest BCUT2D eigenvalue weighted by molar-refractivity contribution is 7.99. The molecule has 1 atom stereocenters. The lowest BCUT2D eigenvalue weighted by atomic mass is 9.99. The van der Waals surface area contributed by atoms with Crippen LogP contribution in [-0.2, 0) is 9.47 Å². The van der Waals surface area contributed by atoms with Crippen LogP contribution in [0.15, 0.2) is 27.9 Å². The first-order chi connectivity index (χ1) is 16.3. The molecule has 1 saturated carbocycles. The number of halogens is 1. The topological polar surface area (TPSA) is 66.8 Å². The predicted octanol–water partition coefficient (Wildman–Crippen LogP) is 6.04. The fraction of sp³-hybridized carbons (Fsp3) is 0.538. The number of carbonyl (C=O) groups excluding carboxylic acids is 1. The van der Waals surface area contributed by atoms with E-state index in [4.69, 9.17) is 25.8 Å². The zero-order valence-electron chi connectivity index (χ0n) is 19.8. The van der Waals surface area contributed by atoms with Crippen LogP contribution in [0, 0.1) is 5.92 Å². The molecule has 1 aliphatic carbocycles. The van der Waals surface area contributed by atoms with E-state index in [9.17, 15) is 9.59 Å². The van der Waals surface area contributed by atoms with E-state index in [0.717, 1.165) is 60.6 Å². The van der Waals surface area contributed by atoms with Gasteiger partial charge in [0, 0.05) is 35.0 Å². The number of thioether (sulfide) groups is 1. The van der Waals surface area contributed by atoms with Gasteiger partial charge < -0.3 is 18.8 Å². The van der Waals surface area contributed by atoms with Crippen molar-refractivity contribution in [2.24, 2.45) is 5.92 Å². The molecule has 1 unspecified atom stereocenters. The second-order valence-corrected chi connectivity index (χ2v) is 11.4. The Balaban J connectivity index is 1.55. The summed E-state index contributed by atoms with van der Waals surface area (Å²) in [6.45, 7) is 7.85. The van der Waals surface area contributed by atoms with Crippen LogP contribution in [0.5, 0.6) is 5.75 Å². The number of ether oxygens (including phenoxy) is 3. The molecule has 0 radical (unpaired) electrons. The van der Waals surface area contributed by atoms with Gasteiger partial charge in [-0.1, -0.05) is 11.6 Å². The Kier molecular flexibility index (Phi) is 6.70. The molecule has 182 valence electrons. The van der Waals surface area contributed by atoms with Gasteiger partial charge in [0.25, 0.3) is 5.56 Å². The third-order valence-electron chi connectivity index (χ3n) is 6.58. The zero-order valence-corrected chi connectivity index (χ0v) is 21.3. The lowest BCUT2D eigenvalue weighted by Crippen LogP contribution is -2.31. The molecule has 34 heavy (non-hydrogen) atoms. The van der Waals surface area contributed by atoms with Gasteiger partial charge in [-0.15, -0.1) is 11.8 Å². The van der Waals surface area contributed by atoms with E-state index in [0.29, 0.717) is 23.3 Å². The number of rotatable bonds is 6. The summed E-state index contributed by atoms with van der Waals surface area (Å²) in [6.07, 6.45) is 3.55. The van der Waals surface area contributed by atoms with Gasteiger partial charge in [0.05, 0.1) is 23.4 Å². The first-order valence-electron chi connectivity index (χ1n) is 12.0. The van der Waals surface area contributed by atoms with Crippen LogP contribution in [0.3, 0.4) is 0 Å². The molecule has 2 fully saturated rings. The number of esters is 1. The summed E-state index contributed by atoms with van der Waals surface area (Å²) in [4.78, 5) is 27.2. The van der Waals surface area contributed by atoms with Crippen molar-refractivity contribution in [3.05, 3.63) is 44.7 Å². The summed E-state index contributed by atoms with van der Waals surface area (Å²) in [5.41, 5.74) is 2.58. The number of pyridine rings is 1. The number of hydrogen-bond acceptors (Lipinski definition) is 6. The number of hydrogen-bond donors (Lipinski definition) is 0. The first-order valence-corrected chi connectivity index (χ1v) is 13.3. The van der Waals surface area contributed by atoms with E-state index in [1.165, 1.54) is 0 Å². The molecule has 1 aromatic carbocycles. The van der Waals surface area contributed by atoms with E-state index >= 15 is 0 Å². The maximum atomic E-state index is 13.5. The smallest absolute Gasteiger partial charge is 0.344 e. The van der Waals surface area contributed by atoms with Crippen molar-refractivity contribution in [1.29, 1.82) is 0 Å². The lowest BCUT2D eigenvalue weighted by Gasteiger charge is -2.29. The molecule has 0 bridgehead atoms. The second-order valence-electron chi connectivity index (χ2n) is 9.63. The zero-order chi connectivity index (χ0) is 24.0. The summed E-state index contributed by atoms with van der Waals surface area (Å²) in [6, 6.07) is 5.74. The van der Waals surface area contributed by atoms with E-state index < -0.39 is 5.97 Å². The fourth-order valence-electron chi connectivity index (χ4n) is 4.66. The molecule has 0 amide bonds. The molecule has 6 nitrogen and oxygen atoms in total. The predicted molar refractivity (Wildman–Crippen MR) is 133 cm³/mol. The Labute approximate surface area is 208 Å². The number of carbonyl (C=O) groups is 1. The Bertz CT molecular complexity index is 1170. The van der Waals surface area contributed by atoms with Crippen LogP contribution in [0.2, 0.25) is 5.02 Å². The van der Waals surface area contributed by atoms with Crippen LogP contribution in [-0.4, -0.2) is 36.5 Å². The SMILES string of the molecule is CC(C)OC(=O)c1cc2c(n(C3CC3)c1=O)-c1cc(Cl)c(OCC3CCOCC3)cc1SC2C. The average Bonchev–Trinajstić information content (AvgIpc) is 3.63. The molecule has 8 heteroatoms. The van der Waals surface area contributed by atoms with Crippen LogP contribution in [0.1, 0.15) is 73.7 Å². The van der Waals surface area contributed by atoms with Gasteiger partial charge in [-0.05, 0) is 76.1 Å². The van der Waals surface area contributed by atoms with Gasteiger partial charge in [0.15, 0.2) is 0 Å². The van der Waals surface area contributed by atoms with Crippen molar-refractivity contribution in [2.75, 3.05) is 19.8 Å². The first kappa shape index (κ1) is 23.8. The van der Waals surface area contributed by atoms with Gasteiger partial charge in [-0.25, -0.2) is 4.79 Å². The third-order valence-corrected chi connectivity index (χ3v) is 8.08. The van der Waals surface area contributed by atoms with Gasteiger partial charge in [-0.3, -0.25) is 4.79 Å². The summed E-state index contributed by atoms with van der Waals surface area (Å²) in [5.74, 6) is 0.583. The molecule has 1 saturated heterocycles. The number of benzene rings is 1. The van der Waals surface area contributed by atoms with Gasteiger partial charge >= 0.3 is 5.97 Å². The monoisotopic (exact) mass is 503 g/mol. The highest BCUT2D eigenvalue weighted by atomic mass is 35.5. The maximum Gasteiger partial charge on any atom is 0.344 e. The van der Waals surface area contributed by atoms with E-state index in [1.807, 2.05) is 12.1 Å². The Hall–Kier alpha value is -1.96. The Morgan fingerprint density at radius 2 is 1.94 bits per heavy atom. The molecular formula is C26H30ClNO5S. The average molecular weight is 504 g/mol. The van der Waals surface area contributed by atoms with Crippen LogP contribution >= 0.6 is 23.4 Å². The van der Waals surface area contributed by atoms with Crippen molar-refractivity contribution < 1.29 is 19.0 Å². The molecule has 3 heterocycles. The van der Waals surface area contributed by atoms with Crippen molar-refractivity contribution in [3.63, 3.8) is 0 Å². The molecule has 0 N–H and O–H groups in total. The van der Waals surface area contributed by atoms with Crippen LogP contribution < -0.4 is 10.3 Å². The van der Waals surface area contributed by atoms with Crippen molar-refractivity contribution in [1.82, 2.24) is 4.57 Å². The fourth-order valence-corrected chi connectivity index (χ4v) is 6.02. The van der Waals surface area contributed by atoms with E-state index in [2.05, 4.69) is 6.92 Å². The molecule has 2 aromatic rings. The van der Waals surface area contributed by atoms with Gasteiger partial charge in [-0.2, -0.15) is 0 Å². The van der Waals surface area contributed by atoms with Crippen molar-refractivity contribution in [2.45, 2.75) is 68.7 Å². The molecule has 1 aromatic heterocycles. The summed E-state index contributed by atoms with van der Waals surface area (Å²) < 4.78 is 18.8. The van der Waals surface area contributed by atoms with E-state index in [1.54, 1.807) is 36.2 Å². The third kappa shape index (κ3) is 4.62. The second kappa shape index (κ2) is 9.59. The molecule has 3 aliphatic rings. The minimum Gasteiger partial charge on any atom is -0.492 e. The summed E-state index contributed by atoms with van der Waals surface area (Å²) >= 11 is 8.38. The minimum absolute atomic E-state index is 0.0585. The highest BCUT2D eigenvalue weighted by Gasteiger charge is 2.36. The number of aromatic nitrogens is 1. The number of fused-ring (bicyclic) bond motifs is 3. The van der Waals surface area contributed by atoms with Crippen LogP contribution in [0.4, 0.5) is 0 Å². The quantitative estimate of drug-likeness (QED) is 0.447. The highest BCUT2D eigenvalue weighted by Crippen LogP contribution is 2.52. The number of nitrogens with zero attached hydrogens (tertiary/aromatic N) is 1. The van der Waals surface area contributed by atoms with Crippen molar-refractivity contribution in [3.8, 4) is 17.0 Å². The lowest BCUT2D eigenvalue weighted by molar-refractivity contribution is 0.0375.